The quantitative estimate of drug-likeness (QED) is 0.850. The zero-order valence-corrected chi connectivity index (χ0v) is 11.5. The second-order valence-corrected chi connectivity index (χ2v) is 6.25. The van der Waals surface area contributed by atoms with E-state index in [1.807, 2.05) is 12.1 Å². The molecular formula is C14H18F2N2S. The van der Waals surface area contributed by atoms with Crippen LogP contribution in [-0.4, -0.2) is 35.8 Å². The van der Waals surface area contributed by atoms with Crippen LogP contribution in [0.4, 0.5) is 14.5 Å². The summed E-state index contributed by atoms with van der Waals surface area (Å²) < 4.78 is 24.5. The van der Waals surface area contributed by atoms with Crippen molar-refractivity contribution >= 4 is 17.4 Å². The normalized spacial score (nSPS) is 26.9. The van der Waals surface area contributed by atoms with Gasteiger partial charge in [0.15, 0.2) is 0 Å². The molecule has 5 heteroatoms. The molecular weight excluding hydrogens is 266 g/mol. The highest BCUT2D eigenvalue weighted by Gasteiger charge is 2.36. The Bertz CT molecular complexity index is 424. The van der Waals surface area contributed by atoms with Crippen molar-refractivity contribution in [1.29, 1.82) is 0 Å². The first kappa shape index (κ1) is 13.2. The van der Waals surface area contributed by atoms with Crippen LogP contribution < -0.4 is 5.32 Å². The van der Waals surface area contributed by atoms with Crippen molar-refractivity contribution in [3.63, 3.8) is 0 Å². The maximum Gasteiger partial charge on any atom is 0.288 e. The maximum atomic E-state index is 12.2. The van der Waals surface area contributed by atoms with Crippen molar-refractivity contribution in [2.24, 2.45) is 0 Å². The molecule has 2 nitrogen and oxygen atoms in total. The van der Waals surface area contributed by atoms with Gasteiger partial charge in [0, 0.05) is 29.2 Å². The Balaban J connectivity index is 1.60. The van der Waals surface area contributed by atoms with Crippen LogP contribution in [0.5, 0.6) is 0 Å². The number of rotatable bonds is 4. The molecule has 2 aliphatic heterocycles. The van der Waals surface area contributed by atoms with Gasteiger partial charge < -0.3 is 5.32 Å². The molecule has 19 heavy (non-hydrogen) atoms. The van der Waals surface area contributed by atoms with Crippen LogP contribution in [0, 0.1) is 0 Å². The fourth-order valence-corrected chi connectivity index (χ4v) is 3.70. The smallest absolute Gasteiger partial charge is 0.288 e. The number of halogens is 2. The van der Waals surface area contributed by atoms with Gasteiger partial charge in [-0.05, 0) is 50.1 Å². The molecule has 0 saturated carbocycles. The number of nitrogens with zero attached hydrogens (tertiary/aromatic N) is 1. The average molecular weight is 284 g/mol. The van der Waals surface area contributed by atoms with E-state index in [-0.39, 0.29) is 0 Å². The lowest BCUT2D eigenvalue weighted by Gasteiger charge is -2.22. The van der Waals surface area contributed by atoms with Crippen molar-refractivity contribution in [2.45, 2.75) is 42.0 Å². The summed E-state index contributed by atoms with van der Waals surface area (Å²) in [5.41, 5.74) is 1.04. The second kappa shape index (κ2) is 5.67. The fraction of sp³-hybridized carbons (Fsp3) is 0.571. The Morgan fingerprint density at radius 2 is 1.95 bits per heavy atom. The number of alkyl halides is 2. The number of anilines is 1. The number of benzene rings is 1. The van der Waals surface area contributed by atoms with Gasteiger partial charge in [0.1, 0.15) is 0 Å². The van der Waals surface area contributed by atoms with Crippen molar-refractivity contribution in [2.75, 3.05) is 18.4 Å². The lowest BCUT2D eigenvalue weighted by atomic mass is 10.1. The van der Waals surface area contributed by atoms with Gasteiger partial charge in [0.05, 0.1) is 0 Å². The summed E-state index contributed by atoms with van der Waals surface area (Å²) >= 11 is 0.596. The Morgan fingerprint density at radius 3 is 2.68 bits per heavy atom. The van der Waals surface area contributed by atoms with Crippen LogP contribution in [0.1, 0.15) is 19.3 Å². The summed E-state index contributed by atoms with van der Waals surface area (Å²) in [7, 11) is 0. The molecule has 0 aromatic heterocycles. The first-order valence-corrected chi connectivity index (χ1v) is 7.66. The van der Waals surface area contributed by atoms with Gasteiger partial charge in [-0.15, -0.1) is 0 Å². The fourth-order valence-electron chi connectivity index (χ4n) is 3.20. The van der Waals surface area contributed by atoms with Gasteiger partial charge in [0.25, 0.3) is 5.76 Å². The molecule has 2 saturated heterocycles. The summed E-state index contributed by atoms with van der Waals surface area (Å²) in [6.45, 7) is 2.41. The second-order valence-electron chi connectivity index (χ2n) is 5.19. The zero-order chi connectivity index (χ0) is 13.2. The summed E-state index contributed by atoms with van der Waals surface area (Å²) in [6.07, 6.45) is 3.75. The molecule has 1 aromatic rings. The van der Waals surface area contributed by atoms with Gasteiger partial charge in [-0.3, -0.25) is 4.90 Å². The van der Waals surface area contributed by atoms with Crippen molar-refractivity contribution in [1.82, 2.24) is 4.90 Å². The van der Waals surface area contributed by atoms with Gasteiger partial charge in [0.2, 0.25) is 0 Å². The summed E-state index contributed by atoms with van der Waals surface area (Å²) in [5, 5.41) is 3.55. The summed E-state index contributed by atoms with van der Waals surface area (Å²) in [4.78, 5) is 3.17. The predicted octanol–water partition coefficient (Wildman–Crippen LogP) is 3.65. The van der Waals surface area contributed by atoms with Gasteiger partial charge in [-0.25, -0.2) is 0 Å². The Hall–Kier alpha value is -0.810. The predicted molar refractivity (Wildman–Crippen MR) is 74.9 cm³/mol. The van der Waals surface area contributed by atoms with E-state index in [2.05, 4.69) is 10.2 Å². The van der Waals surface area contributed by atoms with Crippen LogP contribution in [0.15, 0.2) is 29.2 Å². The van der Waals surface area contributed by atoms with Crippen LogP contribution in [0.3, 0.4) is 0 Å². The van der Waals surface area contributed by atoms with Crippen LogP contribution in [-0.2, 0) is 0 Å². The molecule has 3 rings (SSSR count). The van der Waals surface area contributed by atoms with E-state index in [1.54, 1.807) is 12.1 Å². The van der Waals surface area contributed by atoms with E-state index >= 15 is 0 Å². The zero-order valence-electron chi connectivity index (χ0n) is 10.7. The minimum Gasteiger partial charge on any atom is -0.381 e. The molecule has 104 valence electrons. The SMILES string of the molecule is FC(F)Sc1ccc(NC2CCN3CCCC23)cc1. The molecule has 0 bridgehead atoms. The first-order valence-electron chi connectivity index (χ1n) is 6.78. The van der Waals surface area contributed by atoms with Gasteiger partial charge in [-0.1, -0.05) is 11.8 Å². The third kappa shape index (κ3) is 3.03. The highest BCUT2D eigenvalue weighted by Crippen LogP contribution is 2.31. The largest absolute Gasteiger partial charge is 0.381 e. The number of hydrogen-bond acceptors (Lipinski definition) is 3. The molecule has 2 aliphatic rings. The average Bonchev–Trinajstić information content (AvgIpc) is 2.96. The van der Waals surface area contributed by atoms with E-state index in [0.29, 0.717) is 28.7 Å². The van der Waals surface area contributed by atoms with E-state index in [4.69, 9.17) is 0 Å². The first-order chi connectivity index (χ1) is 9.22. The lowest BCUT2D eigenvalue weighted by molar-refractivity contribution is 0.252. The monoisotopic (exact) mass is 284 g/mol. The van der Waals surface area contributed by atoms with E-state index in [9.17, 15) is 8.78 Å². The van der Waals surface area contributed by atoms with Gasteiger partial charge in [-0.2, -0.15) is 8.78 Å². The lowest BCUT2D eigenvalue weighted by Crippen LogP contribution is -2.33. The Kier molecular flexibility index (Phi) is 3.93. The van der Waals surface area contributed by atoms with Crippen LogP contribution in [0.25, 0.3) is 0 Å². The number of hydrogen-bond donors (Lipinski definition) is 1. The topological polar surface area (TPSA) is 15.3 Å². The third-order valence-corrected chi connectivity index (χ3v) is 4.76. The van der Waals surface area contributed by atoms with Crippen molar-refractivity contribution in [3.05, 3.63) is 24.3 Å². The molecule has 0 amide bonds. The van der Waals surface area contributed by atoms with Crippen LogP contribution in [0.2, 0.25) is 0 Å². The van der Waals surface area contributed by atoms with E-state index < -0.39 is 5.76 Å². The molecule has 0 radical (unpaired) electrons. The Morgan fingerprint density at radius 1 is 1.16 bits per heavy atom. The number of nitrogens with one attached hydrogen (secondary N) is 1. The molecule has 1 N–H and O–H groups in total. The van der Waals surface area contributed by atoms with E-state index in [1.165, 1.54) is 32.4 Å². The Labute approximate surface area is 116 Å². The van der Waals surface area contributed by atoms with Crippen LogP contribution >= 0.6 is 11.8 Å². The van der Waals surface area contributed by atoms with E-state index in [0.717, 1.165) is 5.69 Å². The van der Waals surface area contributed by atoms with Gasteiger partial charge >= 0.3 is 0 Å². The molecule has 1 aromatic carbocycles. The molecule has 0 aliphatic carbocycles. The minimum atomic E-state index is -2.35. The molecule has 2 unspecified atom stereocenters. The standard InChI is InChI=1S/C14H18F2N2S/c15-14(16)19-11-5-3-10(4-6-11)17-12-7-9-18-8-1-2-13(12)18/h3-6,12-14,17H,1-2,7-9H2. The highest BCUT2D eigenvalue weighted by molar-refractivity contribution is 7.99. The maximum absolute atomic E-state index is 12.2. The highest BCUT2D eigenvalue weighted by atomic mass is 32.2. The summed E-state index contributed by atoms with van der Waals surface area (Å²) in [5.74, 6) is -2.35. The molecule has 0 spiro atoms. The number of thioether (sulfide) groups is 1. The molecule has 2 atom stereocenters. The number of fused-ring (bicyclic) bond motifs is 1. The molecule has 2 fully saturated rings. The molecule has 2 heterocycles. The van der Waals surface area contributed by atoms with Crippen molar-refractivity contribution < 1.29 is 8.78 Å². The minimum absolute atomic E-state index is 0.510. The van der Waals surface area contributed by atoms with Crippen molar-refractivity contribution in [3.8, 4) is 0 Å². The third-order valence-electron chi connectivity index (χ3n) is 4.04. The summed E-state index contributed by atoms with van der Waals surface area (Å²) in [6, 6.07) is 8.51.